The van der Waals surface area contributed by atoms with E-state index in [4.69, 9.17) is 0 Å². The van der Waals surface area contributed by atoms with Gasteiger partial charge in [-0.3, -0.25) is 0 Å². The quantitative estimate of drug-likeness (QED) is 0.802. The maximum Gasteiger partial charge on any atom is 0.335 e. The molecule has 0 atom stereocenters. The van der Waals surface area contributed by atoms with Gasteiger partial charge in [-0.05, 0) is 34.4 Å². The molecule has 25 heavy (non-hydrogen) atoms. The molecule has 0 spiro atoms. The molecule has 0 aliphatic carbocycles. The van der Waals surface area contributed by atoms with E-state index in [0.29, 0.717) is 11.1 Å². The van der Waals surface area contributed by atoms with Crippen LogP contribution in [0.5, 0.6) is 0 Å². The molecule has 0 aliphatic rings. The Bertz CT molecular complexity index is 804. The average Bonchev–Trinajstić information content (AvgIpc) is 2.60. The fraction of sp³-hybridized carbons (Fsp3) is 0.143. The van der Waals surface area contributed by atoms with E-state index in [-0.39, 0.29) is 11.1 Å². The Balaban J connectivity index is 2.82. The summed E-state index contributed by atoms with van der Waals surface area (Å²) in [4.78, 5) is 23.4. The summed E-state index contributed by atoms with van der Waals surface area (Å²) in [5, 5.41) is 19.1. The lowest BCUT2D eigenvalue weighted by Crippen LogP contribution is -2.25. The maximum absolute atomic E-state index is 11.7. The molecule has 0 saturated carbocycles. The van der Waals surface area contributed by atoms with Crippen LogP contribution in [0, 0.1) is 0 Å². The van der Waals surface area contributed by atoms with Gasteiger partial charge in [-0.25, -0.2) is 9.59 Å². The first-order valence-corrected chi connectivity index (χ1v) is 7.73. The van der Waals surface area contributed by atoms with Gasteiger partial charge in [0.05, 0.1) is 11.1 Å². The highest BCUT2D eigenvalue weighted by atomic mass is 16.4. The zero-order valence-corrected chi connectivity index (χ0v) is 14.2. The second kappa shape index (κ2) is 6.77. The topological polar surface area (TPSA) is 74.6 Å². The molecule has 2 rings (SSSR count). The number of carboxylic acids is 2. The number of benzene rings is 2. The van der Waals surface area contributed by atoms with Gasteiger partial charge >= 0.3 is 11.9 Å². The average molecular weight is 336 g/mol. The molecule has 0 heterocycles. The summed E-state index contributed by atoms with van der Waals surface area (Å²) in [6, 6.07) is 9.87. The lowest BCUT2D eigenvalue weighted by atomic mass is 9.73. The minimum atomic E-state index is -1.06. The van der Waals surface area contributed by atoms with Crippen LogP contribution in [0.3, 0.4) is 0 Å². The third kappa shape index (κ3) is 3.38. The SMILES string of the molecule is C=Cc1ccc(C(=O)O)c(C(C)(C)c2cc(C=C)ccc2C(=O)O)c1. The van der Waals surface area contributed by atoms with Crippen molar-refractivity contribution in [3.63, 3.8) is 0 Å². The van der Waals surface area contributed by atoms with Gasteiger partial charge in [-0.15, -0.1) is 0 Å². The molecule has 0 aliphatic heterocycles. The van der Waals surface area contributed by atoms with Crippen LogP contribution in [0.4, 0.5) is 0 Å². The van der Waals surface area contributed by atoms with Crippen molar-refractivity contribution < 1.29 is 19.8 Å². The van der Waals surface area contributed by atoms with Gasteiger partial charge in [0.2, 0.25) is 0 Å². The van der Waals surface area contributed by atoms with Crippen LogP contribution in [-0.4, -0.2) is 22.2 Å². The molecule has 4 nitrogen and oxygen atoms in total. The van der Waals surface area contributed by atoms with E-state index >= 15 is 0 Å². The van der Waals surface area contributed by atoms with E-state index in [0.717, 1.165) is 11.1 Å². The van der Waals surface area contributed by atoms with Crippen LogP contribution in [0.15, 0.2) is 49.6 Å². The van der Waals surface area contributed by atoms with Gasteiger partial charge in [0.25, 0.3) is 0 Å². The van der Waals surface area contributed by atoms with E-state index < -0.39 is 17.4 Å². The molecule has 0 saturated heterocycles. The molecule has 0 aromatic heterocycles. The predicted octanol–water partition coefficient (Wildman–Crippen LogP) is 4.69. The van der Waals surface area contributed by atoms with Crippen LogP contribution in [0.1, 0.15) is 56.8 Å². The van der Waals surface area contributed by atoms with Crippen molar-refractivity contribution in [1.82, 2.24) is 0 Å². The molecule has 2 N–H and O–H groups in total. The van der Waals surface area contributed by atoms with E-state index in [1.807, 2.05) is 13.8 Å². The second-order valence-corrected chi connectivity index (χ2v) is 6.25. The fourth-order valence-electron chi connectivity index (χ4n) is 2.93. The normalized spacial score (nSPS) is 11.0. The van der Waals surface area contributed by atoms with Gasteiger partial charge in [0, 0.05) is 5.41 Å². The summed E-state index contributed by atoms with van der Waals surface area (Å²) in [6.45, 7) is 11.1. The molecular weight excluding hydrogens is 316 g/mol. The summed E-state index contributed by atoms with van der Waals surface area (Å²) in [6.07, 6.45) is 3.26. The van der Waals surface area contributed by atoms with Crippen LogP contribution < -0.4 is 0 Å². The Kier molecular flexibility index (Phi) is 4.93. The zero-order chi connectivity index (χ0) is 18.8. The molecule has 0 fully saturated rings. The van der Waals surface area contributed by atoms with Gasteiger partial charge in [0.1, 0.15) is 0 Å². The van der Waals surface area contributed by atoms with Crippen LogP contribution in [0.2, 0.25) is 0 Å². The van der Waals surface area contributed by atoms with E-state index in [2.05, 4.69) is 13.2 Å². The highest BCUT2D eigenvalue weighted by molar-refractivity contribution is 5.93. The lowest BCUT2D eigenvalue weighted by molar-refractivity contribution is 0.0686. The predicted molar refractivity (Wildman–Crippen MR) is 99.1 cm³/mol. The summed E-state index contributed by atoms with van der Waals surface area (Å²) in [7, 11) is 0. The van der Waals surface area contributed by atoms with Crippen LogP contribution >= 0.6 is 0 Å². The molecule has 0 amide bonds. The number of hydrogen-bond donors (Lipinski definition) is 2. The van der Waals surface area contributed by atoms with Crippen LogP contribution in [-0.2, 0) is 5.41 Å². The van der Waals surface area contributed by atoms with Crippen molar-refractivity contribution in [3.05, 3.63) is 82.9 Å². The highest BCUT2D eigenvalue weighted by Gasteiger charge is 2.32. The summed E-state index contributed by atoms with van der Waals surface area (Å²) < 4.78 is 0. The maximum atomic E-state index is 11.7. The van der Waals surface area contributed by atoms with E-state index in [9.17, 15) is 19.8 Å². The Morgan fingerprint density at radius 2 is 1.20 bits per heavy atom. The Morgan fingerprint density at radius 1 is 0.840 bits per heavy atom. The highest BCUT2D eigenvalue weighted by Crippen LogP contribution is 2.37. The Labute approximate surface area is 146 Å². The molecule has 128 valence electrons. The van der Waals surface area contributed by atoms with Crippen LogP contribution in [0.25, 0.3) is 12.2 Å². The van der Waals surface area contributed by atoms with Gasteiger partial charge in [-0.1, -0.05) is 63.4 Å². The molecule has 0 radical (unpaired) electrons. The largest absolute Gasteiger partial charge is 0.478 e. The van der Waals surface area contributed by atoms with Crippen molar-refractivity contribution in [1.29, 1.82) is 0 Å². The number of rotatable bonds is 6. The summed E-state index contributed by atoms with van der Waals surface area (Å²) in [5.74, 6) is -2.12. The lowest BCUT2D eigenvalue weighted by Gasteiger charge is -2.30. The van der Waals surface area contributed by atoms with Gasteiger partial charge < -0.3 is 10.2 Å². The molecule has 0 bridgehead atoms. The van der Waals surface area contributed by atoms with Gasteiger partial charge in [0.15, 0.2) is 0 Å². The van der Waals surface area contributed by atoms with Crippen molar-refractivity contribution in [3.8, 4) is 0 Å². The Morgan fingerprint density at radius 3 is 1.48 bits per heavy atom. The van der Waals surface area contributed by atoms with Crippen molar-refractivity contribution in [2.24, 2.45) is 0 Å². The second-order valence-electron chi connectivity index (χ2n) is 6.25. The first-order chi connectivity index (χ1) is 11.7. The number of carbonyl (C=O) groups is 2. The minimum Gasteiger partial charge on any atom is -0.478 e. The Hall–Kier alpha value is -3.14. The summed E-state index contributed by atoms with van der Waals surface area (Å²) >= 11 is 0. The first-order valence-electron chi connectivity index (χ1n) is 7.73. The molecular formula is C21H20O4. The number of hydrogen-bond acceptors (Lipinski definition) is 2. The van der Waals surface area contributed by atoms with Crippen molar-refractivity contribution in [2.45, 2.75) is 19.3 Å². The molecule has 2 aromatic rings. The van der Waals surface area contributed by atoms with E-state index in [1.54, 1.807) is 36.4 Å². The molecule has 4 heteroatoms. The molecule has 2 aromatic carbocycles. The monoisotopic (exact) mass is 336 g/mol. The van der Waals surface area contributed by atoms with E-state index in [1.165, 1.54) is 12.1 Å². The van der Waals surface area contributed by atoms with Gasteiger partial charge in [-0.2, -0.15) is 0 Å². The minimum absolute atomic E-state index is 0.135. The smallest absolute Gasteiger partial charge is 0.335 e. The third-order valence-electron chi connectivity index (χ3n) is 4.37. The first kappa shape index (κ1) is 18.2. The number of aromatic carboxylic acids is 2. The van der Waals surface area contributed by atoms with Crippen molar-refractivity contribution in [2.75, 3.05) is 0 Å². The number of carboxylic acid groups (broad SMARTS) is 2. The van der Waals surface area contributed by atoms with Crippen molar-refractivity contribution >= 4 is 24.1 Å². The fourth-order valence-corrected chi connectivity index (χ4v) is 2.93. The zero-order valence-electron chi connectivity index (χ0n) is 14.2. The third-order valence-corrected chi connectivity index (χ3v) is 4.37. The summed E-state index contributed by atoms with van der Waals surface area (Å²) in [5.41, 5.74) is 2.02. The molecule has 0 unspecified atom stereocenters. The standard InChI is InChI=1S/C21H20O4/c1-5-13-7-9-15(19(22)23)17(11-13)21(3,4)18-12-14(6-2)8-10-16(18)20(24)25/h5-12H,1-2H2,3-4H3,(H,22,23)(H,24,25).